The predicted octanol–water partition coefficient (Wildman–Crippen LogP) is 3.04. The van der Waals surface area contributed by atoms with E-state index in [4.69, 9.17) is 4.74 Å². The van der Waals surface area contributed by atoms with E-state index in [2.05, 4.69) is 17.4 Å². The summed E-state index contributed by atoms with van der Waals surface area (Å²) in [7, 11) is -1.83. The fourth-order valence-electron chi connectivity index (χ4n) is 3.38. The second kappa shape index (κ2) is 8.22. The molecule has 0 saturated heterocycles. The summed E-state index contributed by atoms with van der Waals surface area (Å²) in [5.41, 5.74) is 3.01. The number of amides is 1. The van der Waals surface area contributed by atoms with Crippen LogP contribution in [0.5, 0.6) is 5.75 Å². The highest BCUT2D eigenvalue weighted by atomic mass is 32.2. The first-order chi connectivity index (χ1) is 13.3. The van der Waals surface area contributed by atoms with Gasteiger partial charge in [0.05, 0.1) is 18.0 Å². The second-order valence-corrected chi connectivity index (χ2v) is 9.15. The van der Waals surface area contributed by atoms with Crippen molar-refractivity contribution in [2.45, 2.75) is 38.3 Å². The lowest BCUT2D eigenvalue weighted by Crippen LogP contribution is -2.39. The van der Waals surface area contributed by atoms with E-state index in [0.717, 1.165) is 25.5 Å². The van der Waals surface area contributed by atoms with Gasteiger partial charge in [-0.05, 0) is 61.6 Å². The van der Waals surface area contributed by atoms with Gasteiger partial charge in [0, 0.05) is 7.05 Å². The first-order valence-corrected chi connectivity index (χ1v) is 11.2. The van der Waals surface area contributed by atoms with Crippen LogP contribution < -0.4 is 14.4 Å². The van der Waals surface area contributed by atoms with Crippen LogP contribution >= 0.6 is 0 Å². The first-order valence-electron chi connectivity index (χ1n) is 9.34. The Kier molecular flexibility index (Phi) is 5.93. The van der Waals surface area contributed by atoms with Crippen molar-refractivity contribution in [2.75, 3.05) is 17.6 Å². The van der Waals surface area contributed by atoms with E-state index in [9.17, 15) is 13.2 Å². The van der Waals surface area contributed by atoms with Crippen LogP contribution in [0.3, 0.4) is 0 Å². The Morgan fingerprint density at radius 3 is 2.54 bits per heavy atom. The number of carbonyl (C=O) groups excluding carboxylic acids is 1. The van der Waals surface area contributed by atoms with Crippen molar-refractivity contribution in [3.63, 3.8) is 0 Å². The van der Waals surface area contributed by atoms with Gasteiger partial charge in [-0.2, -0.15) is 0 Å². The van der Waals surface area contributed by atoms with E-state index >= 15 is 0 Å². The zero-order valence-electron chi connectivity index (χ0n) is 16.4. The lowest BCUT2D eigenvalue weighted by molar-refractivity contribution is -0.128. The van der Waals surface area contributed by atoms with Crippen LogP contribution in [0.1, 0.15) is 36.9 Å². The van der Waals surface area contributed by atoms with E-state index in [1.165, 1.54) is 22.5 Å². The standard InChI is InChI=1S/C21H26N2O4S/c1-15(27-18-13-11-17(12-14-18)23(2)28(3,25)26)21(24)22-20-10-6-8-16-7-4-5-9-19(16)20/h4-5,7,9,11-15,20H,6,8,10H2,1-3H3,(H,22,24)/t15-,20+/m1/s1. The Hall–Kier alpha value is -2.54. The Morgan fingerprint density at radius 1 is 1.18 bits per heavy atom. The molecule has 0 spiro atoms. The van der Waals surface area contributed by atoms with Crippen molar-refractivity contribution >= 4 is 21.6 Å². The molecule has 0 aromatic heterocycles. The van der Waals surface area contributed by atoms with E-state index < -0.39 is 16.1 Å². The fourth-order valence-corrected chi connectivity index (χ4v) is 3.88. The monoisotopic (exact) mass is 402 g/mol. The highest BCUT2D eigenvalue weighted by Crippen LogP contribution is 2.29. The summed E-state index contributed by atoms with van der Waals surface area (Å²) in [6.07, 6.45) is 3.50. The van der Waals surface area contributed by atoms with Gasteiger partial charge in [0.15, 0.2) is 6.10 Å². The van der Waals surface area contributed by atoms with Gasteiger partial charge in [-0.1, -0.05) is 24.3 Å². The molecule has 6 nitrogen and oxygen atoms in total. The molecule has 1 amide bonds. The molecule has 28 heavy (non-hydrogen) atoms. The molecule has 1 N–H and O–H groups in total. The summed E-state index contributed by atoms with van der Waals surface area (Å²) in [5.74, 6) is 0.344. The molecule has 0 heterocycles. The van der Waals surface area contributed by atoms with Gasteiger partial charge in [-0.15, -0.1) is 0 Å². The SMILES string of the molecule is C[C@@H](Oc1ccc(N(C)S(C)(=O)=O)cc1)C(=O)N[C@H]1CCCc2ccccc21. The summed E-state index contributed by atoms with van der Waals surface area (Å²) < 4.78 is 30.1. The van der Waals surface area contributed by atoms with Crippen LogP contribution in [-0.2, 0) is 21.2 Å². The molecule has 0 bridgehead atoms. The molecule has 0 fully saturated rings. The van der Waals surface area contributed by atoms with Gasteiger partial charge in [-0.25, -0.2) is 8.42 Å². The van der Waals surface area contributed by atoms with E-state index in [0.29, 0.717) is 11.4 Å². The van der Waals surface area contributed by atoms with Crippen LogP contribution in [-0.4, -0.2) is 33.7 Å². The summed E-state index contributed by atoms with van der Waals surface area (Å²) >= 11 is 0. The van der Waals surface area contributed by atoms with Gasteiger partial charge in [-0.3, -0.25) is 9.10 Å². The second-order valence-electron chi connectivity index (χ2n) is 7.14. The number of hydrogen-bond acceptors (Lipinski definition) is 4. The van der Waals surface area contributed by atoms with Crippen LogP contribution in [0.25, 0.3) is 0 Å². The number of hydrogen-bond donors (Lipinski definition) is 1. The molecular weight excluding hydrogens is 376 g/mol. The first kappa shape index (κ1) is 20.2. The topological polar surface area (TPSA) is 75.7 Å². The number of nitrogens with zero attached hydrogens (tertiary/aromatic N) is 1. The molecule has 1 aliphatic carbocycles. The quantitative estimate of drug-likeness (QED) is 0.806. The lowest BCUT2D eigenvalue weighted by Gasteiger charge is -2.27. The Labute approximate surface area is 166 Å². The minimum atomic E-state index is -3.32. The molecule has 0 aliphatic heterocycles. The minimum Gasteiger partial charge on any atom is -0.481 e. The molecule has 0 unspecified atom stereocenters. The average Bonchev–Trinajstić information content (AvgIpc) is 2.67. The number of ether oxygens (including phenoxy) is 1. The van der Waals surface area contributed by atoms with Crippen LogP contribution in [0.2, 0.25) is 0 Å². The number of benzene rings is 2. The molecule has 7 heteroatoms. The molecular formula is C21H26N2O4S. The highest BCUT2D eigenvalue weighted by Gasteiger charge is 2.24. The van der Waals surface area contributed by atoms with Crippen molar-refractivity contribution in [2.24, 2.45) is 0 Å². The zero-order valence-corrected chi connectivity index (χ0v) is 17.2. The molecule has 2 aromatic carbocycles. The Bertz CT molecular complexity index is 941. The maximum atomic E-state index is 12.6. The zero-order chi connectivity index (χ0) is 20.3. The van der Waals surface area contributed by atoms with E-state index in [1.807, 2.05) is 12.1 Å². The number of fused-ring (bicyclic) bond motifs is 1. The molecule has 2 aromatic rings. The smallest absolute Gasteiger partial charge is 0.261 e. The third-order valence-corrected chi connectivity index (χ3v) is 6.27. The van der Waals surface area contributed by atoms with Crippen LogP contribution in [0.4, 0.5) is 5.69 Å². The summed E-state index contributed by atoms with van der Waals surface area (Å²) in [5, 5.41) is 3.09. The molecule has 1 aliphatic rings. The van der Waals surface area contributed by atoms with Gasteiger partial charge >= 0.3 is 0 Å². The van der Waals surface area contributed by atoms with Crippen LogP contribution in [0.15, 0.2) is 48.5 Å². The van der Waals surface area contributed by atoms with Crippen molar-refractivity contribution < 1.29 is 17.9 Å². The lowest BCUT2D eigenvalue weighted by atomic mass is 9.87. The van der Waals surface area contributed by atoms with Crippen molar-refractivity contribution in [3.05, 3.63) is 59.7 Å². The maximum Gasteiger partial charge on any atom is 0.261 e. The largest absolute Gasteiger partial charge is 0.481 e. The van der Waals surface area contributed by atoms with Crippen LogP contribution in [0, 0.1) is 0 Å². The number of carbonyl (C=O) groups is 1. The molecule has 0 radical (unpaired) electrons. The minimum absolute atomic E-state index is 0.00860. The number of rotatable bonds is 6. The Balaban J connectivity index is 1.62. The predicted molar refractivity (Wildman–Crippen MR) is 110 cm³/mol. The fraction of sp³-hybridized carbons (Fsp3) is 0.381. The molecule has 3 rings (SSSR count). The van der Waals surface area contributed by atoms with E-state index in [1.54, 1.807) is 31.2 Å². The molecule has 2 atom stereocenters. The normalized spacial score (nSPS) is 17.3. The molecule has 150 valence electrons. The van der Waals surface area contributed by atoms with Crippen molar-refractivity contribution in [1.82, 2.24) is 5.32 Å². The van der Waals surface area contributed by atoms with Crippen molar-refractivity contribution in [3.8, 4) is 5.75 Å². The molecule has 0 saturated carbocycles. The van der Waals surface area contributed by atoms with Gasteiger partial charge in [0.2, 0.25) is 10.0 Å². The van der Waals surface area contributed by atoms with Gasteiger partial charge in [0.25, 0.3) is 5.91 Å². The van der Waals surface area contributed by atoms with E-state index in [-0.39, 0.29) is 11.9 Å². The summed E-state index contributed by atoms with van der Waals surface area (Å²) in [6, 6.07) is 14.8. The summed E-state index contributed by atoms with van der Waals surface area (Å²) in [6.45, 7) is 1.71. The highest BCUT2D eigenvalue weighted by molar-refractivity contribution is 7.92. The summed E-state index contributed by atoms with van der Waals surface area (Å²) in [4.78, 5) is 12.6. The number of anilines is 1. The third-order valence-electron chi connectivity index (χ3n) is 5.07. The van der Waals surface area contributed by atoms with Crippen molar-refractivity contribution in [1.29, 1.82) is 0 Å². The third kappa shape index (κ3) is 4.65. The average molecular weight is 403 g/mol. The maximum absolute atomic E-state index is 12.6. The number of nitrogens with one attached hydrogen (secondary N) is 1. The number of sulfonamides is 1. The van der Waals surface area contributed by atoms with Gasteiger partial charge in [0.1, 0.15) is 5.75 Å². The Morgan fingerprint density at radius 2 is 1.86 bits per heavy atom. The van der Waals surface area contributed by atoms with Gasteiger partial charge < -0.3 is 10.1 Å². The number of aryl methyl sites for hydroxylation is 1.